The lowest BCUT2D eigenvalue weighted by Gasteiger charge is -2.39. The summed E-state index contributed by atoms with van der Waals surface area (Å²) in [6, 6.07) is 14.4. The first-order valence-corrected chi connectivity index (χ1v) is 9.07. The van der Waals surface area contributed by atoms with Gasteiger partial charge in [-0.15, -0.1) is 0 Å². The molecule has 0 atom stereocenters. The maximum absolute atomic E-state index is 12.0. The monoisotopic (exact) mass is 338 g/mol. The van der Waals surface area contributed by atoms with Gasteiger partial charge < -0.3 is 5.11 Å². The number of benzene rings is 1. The fourth-order valence-electron chi connectivity index (χ4n) is 3.74. The number of carboxylic acids is 1. The normalized spacial score (nSPS) is 17.3. The fraction of sp³-hybridized carbons (Fsp3) is 0.429. The van der Waals surface area contributed by atoms with Crippen LogP contribution in [-0.4, -0.2) is 34.0 Å². The van der Waals surface area contributed by atoms with E-state index in [0.29, 0.717) is 0 Å². The molecule has 1 fully saturated rings. The smallest absolute Gasteiger partial charge is 0.309 e. The van der Waals surface area contributed by atoms with Crippen molar-refractivity contribution >= 4 is 5.97 Å². The van der Waals surface area contributed by atoms with Crippen molar-refractivity contribution in [1.29, 1.82) is 0 Å². The molecular formula is C21H26N2O2. The van der Waals surface area contributed by atoms with E-state index >= 15 is 0 Å². The molecule has 0 amide bonds. The first kappa shape index (κ1) is 17.6. The van der Waals surface area contributed by atoms with Crippen molar-refractivity contribution in [2.75, 3.05) is 13.1 Å². The number of aliphatic carboxylic acids is 1. The van der Waals surface area contributed by atoms with Gasteiger partial charge in [-0.1, -0.05) is 36.4 Å². The van der Waals surface area contributed by atoms with E-state index in [1.54, 1.807) is 6.20 Å². The number of hydrogen-bond donors (Lipinski definition) is 1. The van der Waals surface area contributed by atoms with Crippen molar-refractivity contribution < 1.29 is 9.90 Å². The van der Waals surface area contributed by atoms with E-state index in [4.69, 9.17) is 0 Å². The predicted octanol–water partition coefficient (Wildman–Crippen LogP) is 3.77. The van der Waals surface area contributed by atoms with Gasteiger partial charge in [0.05, 0.1) is 5.41 Å². The van der Waals surface area contributed by atoms with Crippen LogP contribution in [0.1, 0.15) is 36.8 Å². The Hall–Kier alpha value is -2.20. The second kappa shape index (κ2) is 8.26. The average molecular weight is 338 g/mol. The van der Waals surface area contributed by atoms with Crippen LogP contribution < -0.4 is 0 Å². The van der Waals surface area contributed by atoms with Gasteiger partial charge in [0.1, 0.15) is 0 Å². The van der Waals surface area contributed by atoms with Gasteiger partial charge in [-0.2, -0.15) is 0 Å². The minimum atomic E-state index is -0.624. The number of rotatable bonds is 7. The van der Waals surface area contributed by atoms with E-state index in [0.717, 1.165) is 51.7 Å². The van der Waals surface area contributed by atoms with Gasteiger partial charge in [0.25, 0.3) is 0 Å². The van der Waals surface area contributed by atoms with Crippen LogP contribution in [0.5, 0.6) is 0 Å². The number of carbonyl (C=O) groups is 1. The topological polar surface area (TPSA) is 53.4 Å². The van der Waals surface area contributed by atoms with Gasteiger partial charge in [-0.05, 0) is 62.4 Å². The standard InChI is InChI=1S/C21H26N2O2/c24-20(25)21(10-4-8-18-6-2-1-3-7-18)11-14-23(15-12-21)17-19-9-5-13-22-16-19/h1-3,5-7,9,13,16H,4,8,10-12,14-15,17H2,(H,24,25). The molecule has 1 aliphatic rings. The molecule has 0 bridgehead atoms. The maximum Gasteiger partial charge on any atom is 0.309 e. The number of piperidine rings is 1. The predicted molar refractivity (Wildman–Crippen MR) is 98.2 cm³/mol. The molecule has 132 valence electrons. The van der Waals surface area contributed by atoms with Crippen LogP contribution in [0.15, 0.2) is 54.9 Å². The summed E-state index contributed by atoms with van der Waals surface area (Å²) in [5, 5.41) is 9.83. The number of likely N-dealkylation sites (tertiary alicyclic amines) is 1. The molecule has 1 aromatic heterocycles. The summed E-state index contributed by atoms with van der Waals surface area (Å²) in [6.45, 7) is 2.53. The molecule has 0 unspecified atom stereocenters. The van der Waals surface area contributed by atoms with E-state index in [2.05, 4.69) is 28.1 Å². The van der Waals surface area contributed by atoms with Gasteiger partial charge in [0, 0.05) is 18.9 Å². The summed E-state index contributed by atoms with van der Waals surface area (Å²) < 4.78 is 0. The van der Waals surface area contributed by atoms with Crippen LogP contribution in [0, 0.1) is 5.41 Å². The molecule has 2 heterocycles. The van der Waals surface area contributed by atoms with Crippen molar-refractivity contribution in [2.24, 2.45) is 5.41 Å². The van der Waals surface area contributed by atoms with Crippen LogP contribution >= 0.6 is 0 Å². The number of aryl methyl sites for hydroxylation is 1. The maximum atomic E-state index is 12.0. The van der Waals surface area contributed by atoms with Crippen molar-refractivity contribution in [3.8, 4) is 0 Å². The van der Waals surface area contributed by atoms with Gasteiger partial charge in [-0.3, -0.25) is 14.7 Å². The number of hydrogen-bond acceptors (Lipinski definition) is 3. The van der Waals surface area contributed by atoms with Gasteiger partial charge >= 0.3 is 5.97 Å². The number of aromatic nitrogens is 1. The van der Waals surface area contributed by atoms with Crippen molar-refractivity contribution in [3.63, 3.8) is 0 Å². The van der Waals surface area contributed by atoms with E-state index in [1.807, 2.05) is 30.5 Å². The second-order valence-corrected chi connectivity index (χ2v) is 7.06. The Morgan fingerprint density at radius 3 is 2.44 bits per heavy atom. The highest BCUT2D eigenvalue weighted by atomic mass is 16.4. The van der Waals surface area contributed by atoms with E-state index < -0.39 is 11.4 Å². The van der Waals surface area contributed by atoms with Crippen molar-refractivity contribution in [1.82, 2.24) is 9.88 Å². The lowest BCUT2D eigenvalue weighted by Crippen LogP contribution is -2.44. The summed E-state index contributed by atoms with van der Waals surface area (Å²) in [7, 11) is 0. The first-order valence-electron chi connectivity index (χ1n) is 9.07. The van der Waals surface area contributed by atoms with Crippen LogP contribution in [0.3, 0.4) is 0 Å². The van der Waals surface area contributed by atoms with Crippen LogP contribution in [0.4, 0.5) is 0 Å². The zero-order chi connectivity index (χ0) is 17.5. The number of carboxylic acid groups (broad SMARTS) is 1. The molecule has 3 rings (SSSR count). The molecule has 4 nitrogen and oxygen atoms in total. The Morgan fingerprint density at radius 1 is 1.08 bits per heavy atom. The fourth-order valence-corrected chi connectivity index (χ4v) is 3.74. The van der Waals surface area contributed by atoms with E-state index in [1.165, 1.54) is 11.1 Å². The second-order valence-electron chi connectivity index (χ2n) is 7.06. The zero-order valence-electron chi connectivity index (χ0n) is 14.6. The molecule has 0 spiro atoms. The summed E-state index contributed by atoms with van der Waals surface area (Å²) in [5.41, 5.74) is 1.92. The van der Waals surface area contributed by atoms with E-state index in [9.17, 15) is 9.90 Å². The number of nitrogens with zero attached hydrogens (tertiary/aromatic N) is 2. The number of pyridine rings is 1. The average Bonchev–Trinajstić information content (AvgIpc) is 2.65. The molecule has 0 saturated carbocycles. The highest BCUT2D eigenvalue weighted by Crippen LogP contribution is 2.37. The summed E-state index contributed by atoms with van der Waals surface area (Å²) in [6.07, 6.45) is 7.78. The Bertz CT molecular complexity index is 665. The van der Waals surface area contributed by atoms with Gasteiger partial charge in [0.15, 0.2) is 0 Å². The van der Waals surface area contributed by atoms with Crippen molar-refractivity contribution in [3.05, 3.63) is 66.0 Å². The molecule has 25 heavy (non-hydrogen) atoms. The van der Waals surface area contributed by atoms with Crippen molar-refractivity contribution in [2.45, 2.75) is 38.6 Å². The molecule has 1 aromatic carbocycles. The van der Waals surface area contributed by atoms with Gasteiger partial charge in [-0.25, -0.2) is 0 Å². The summed E-state index contributed by atoms with van der Waals surface area (Å²) >= 11 is 0. The Balaban J connectivity index is 1.53. The minimum Gasteiger partial charge on any atom is -0.481 e. The Morgan fingerprint density at radius 2 is 1.80 bits per heavy atom. The first-order chi connectivity index (χ1) is 12.2. The lowest BCUT2D eigenvalue weighted by atomic mass is 9.74. The lowest BCUT2D eigenvalue weighted by molar-refractivity contribution is -0.152. The molecule has 1 N–H and O–H groups in total. The van der Waals surface area contributed by atoms with Crippen LogP contribution in [-0.2, 0) is 17.8 Å². The Kier molecular flexibility index (Phi) is 5.82. The van der Waals surface area contributed by atoms with Crippen LogP contribution in [0.25, 0.3) is 0 Å². The third-order valence-electron chi connectivity index (χ3n) is 5.36. The third kappa shape index (κ3) is 4.67. The van der Waals surface area contributed by atoms with Gasteiger partial charge in [0.2, 0.25) is 0 Å². The molecule has 4 heteroatoms. The summed E-state index contributed by atoms with van der Waals surface area (Å²) in [4.78, 5) is 18.5. The molecule has 1 saturated heterocycles. The molecular weight excluding hydrogens is 312 g/mol. The highest BCUT2D eigenvalue weighted by molar-refractivity contribution is 5.74. The summed E-state index contributed by atoms with van der Waals surface area (Å²) in [5.74, 6) is -0.624. The highest BCUT2D eigenvalue weighted by Gasteiger charge is 2.40. The SMILES string of the molecule is O=C(O)C1(CCCc2ccccc2)CCN(Cc2cccnc2)CC1. The quantitative estimate of drug-likeness (QED) is 0.835. The molecule has 2 aromatic rings. The van der Waals surface area contributed by atoms with E-state index in [-0.39, 0.29) is 0 Å². The zero-order valence-corrected chi connectivity index (χ0v) is 14.6. The third-order valence-corrected chi connectivity index (χ3v) is 5.36. The molecule has 0 radical (unpaired) electrons. The Labute approximate surface area is 149 Å². The molecule has 0 aliphatic carbocycles. The molecule has 1 aliphatic heterocycles. The van der Waals surface area contributed by atoms with Crippen LogP contribution in [0.2, 0.25) is 0 Å². The minimum absolute atomic E-state index is 0.555. The largest absolute Gasteiger partial charge is 0.481 e.